The molecule has 1 amide bonds. The highest BCUT2D eigenvalue weighted by Gasteiger charge is 2.20. The molecule has 0 aliphatic rings. The van der Waals surface area contributed by atoms with Gasteiger partial charge in [0, 0.05) is 18.0 Å². The van der Waals surface area contributed by atoms with E-state index in [1.54, 1.807) is 7.11 Å². The second-order valence-electron chi connectivity index (χ2n) is 3.44. The lowest BCUT2D eigenvalue weighted by atomic mass is 10.3. The Kier molecular flexibility index (Phi) is 5.94. The SMILES string of the molecule is CCNCCNC(=O)c1sc(C)c(Br)c1OC. The Bertz CT molecular complexity index is 393. The van der Waals surface area contributed by atoms with Gasteiger partial charge in [-0.25, -0.2) is 0 Å². The van der Waals surface area contributed by atoms with Crippen molar-refractivity contribution in [3.8, 4) is 5.75 Å². The van der Waals surface area contributed by atoms with Crippen LogP contribution in [-0.4, -0.2) is 32.7 Å². The number of ether oxygens (including phenoxy) is 1. The first-order valence-electron chi connectivity index (χ1n) is 5.43. The van der Waals surface area contributed by atoms with E-state index in [0.29, 0.717) is 17.2 Å². The van der Waals surface area contributed by atoms with Gasteiger partial charge in [-0.3, -0.25) is 4.79 Å². The van der Waals surface area contributed by atoms with Crippen molar-refractivity contribution in [2.24, 2.45) is 0 Å². The lowest BCUT2D eigenvalue weighted by Gasteiger charge is -2.05. The number of aryl methyl sites for hydroxylation is 1. The number of carbonyl (C=O) groups is 1. The summed E-state index contributed by atoms with van der Waals surface area (Å²) in [7, 11) is 1.57. The van der Waals surface area contributed by atoms with Gasteiger partial charge < -0.3 is 15.4 Å². The van der Waals surface area contributed by atoms with E-state index < -0.39 is 0 Å². The molecule has 1 heterocycles. The standard InChI is InChI=1S/C11H17BrN2O2S/c1-4-13-5-6-14-11(15)10-9(16-3)8(12)7(2)17-10/h13H,4-6H2,1-3H3,(H,14,15). The summed E-state index contributed by atoms with van der Waals surface area (Å²) >= 11 is 4.85. The quantitative estimate of drug-likeness (QED) is 0.790. The Balaban J connectivity index is 2.65. The monoisotopic (exact) mass is 320 g/mol. The molecular weight excluding hydrogens is 304 g/mol. The van der Waals surface area contributed by atoms with Crippen LogP contribution in [0.15, 0.2) is 4.47 Å². The van der Waals surface area contributed by atoms with E-state index in [1.807, 2.05) is 13.8 Å². The molecule has 0 saturated heterocycles. The maximum atomic E-state index is 11.9. The van der Waals surface area contributed by atoms with Crippen LogP contribution in [0, 0.1) is 6.92 Å². The summed E-state index contributed by atoms with van der Waals surface area (Å²) in [5.74, 6) is 0.534. The van der Waals surface area contributed by atoms with Crippen LogP contribution >= 0.6 is 27.3 Å². The van der Waals surface area contributed by atoms with Crippen molar-refractivity contribution in [2.45, 2.75) is 13.8 Å². The summed E-state index contributed by atoms with van der Waals surface area (Å²) in [6.45, 7) is 6.28. The Morgan fingerprint density at radius 2 is 2.18 bits per heavy atom. The van der Waals surface area contributed by atoms with E-state index in [-0.39, 0.29) is 5.91 Å². The van der Waals surface area contributed by atoms with Crippen molar-refractivity contribution in [1.82, 2.24) is 10.6 Å². The summed E-state index contributed by atoms with van der Waals surface area (Å²) in [5, 5.41) is 6.01. The zero-order chi connectivity index (χ0) is 12.8. The van der Waals surface area contributed by atoms with E-state index in [1.165, 1.54) is 11.3 Å². The molecule has 96 valence electrons. The number of halogens is 1. The van der Waals surface area contributed by atoms with Crippen LogP contribution in [0.2, 0.25) is 0 Å². The summed E-state index contributed by atoms with van der Waals surface area (Å²) in [5.41, 5.74) is 0. The third-order valence-corrected chi connectivity index (χ3v) is 4.52. The molecule has 0 aliphatic heterocycles. The first-order valence-corrected chi connectivity index (χ1v) is 7.04. The number of thiophene rings is 1. The molecule has 0 aliphatic carbocycles. The summed E-state index contributed by atoms with van der Waals surface area (Å²) in [4.78, 5) is 13.6. The van der Waals surface area contributed by atoms with Crippen LogP contribution in [0.4, 0.5) is 0 Å². The molecule has 6 heteroatoms. The number of nitrogens with one attached hydrogen (secondary N) is 2. The molecule has 0 bridgehead atoms. The smallest absolute Gasteiger partial charge is 0.265 e. The first-order chi connectivity index (χ1) is 8.11. The number of hydrogen-bond acceptors (Lipinski definition) is 4. The van der Waals surface area contributed by atoms with Crippen molar-refractivity contribution in [1.29, 1.82) is 0 Å². The minimum absolute atomic E-state index is 0.0847. The summed E-state index contributed by atoms with van der Waals surface area (Å²) in [6, 6.07) is 0. The number of carbonyl (C=O) groups excluding carboxylic acids is 1. The molecule has 0 spiro atoms. The third-order valence-electron chi connectivity index (χ3n) is 2.22. The van der Waals surface area contributed by atoms with Crippen molar-refractivity contribution < 1.29 is 9.53 Å². The van der Waals surface area contributed by atoms with Crippen LogP contribution in [0.1, 0.15) is 21.5 Å². The number of methoxy groups -OCH3 is 1. The van der Waals surface area contributed by atoms with Crippen molar-refractivity contribution in [3.05, 3.63) is 14.2 Å². The normalized spacial score (nSPS) is 10.4. The summed E-state index contributed by atoms with van der Waals surface area (Å²) < 4.78 is 6.10. The topological polar surface area (TPSA) is 50.4 Å². The molecule has 4 nitrogen and oxygen atoms in total. The zero-order valence-electron chi connectivity index (χ0n) is 10.2. The van der Waals surface area contributed by atoms with Gasteiger partial charge in [-0.05, 0) is 29.4 Å². The Labute approximate surface area is 114 Å². The first kappa shape index (κ1) is 14.5. The van der Waals surface area contributed by atoms with Gasteiger partial charge in [0.2, 0.25) is 0 Å². The molecular formula is C11H17BrN2O2S. The molecule has 0 radical (unpaired) electrons. The lowest BCUT2D eigenvalue weighted by Crippen LogP contribution is -2.31. The van der Waals surface area contributed by atoms with Crippen LogP contribution in [0.25, 0.3) is 0 Å². The second kappa shape index (κ2) is 6.98. The minimum Gasteiger partial charge on any atom is -0.494 e. The highest BCUT2D eigenvalue weighted by atomic mass is 79.9. The molecule has 2 N–H and O–H groups in total. The van der Waals surface area contributed by atoms with Gasteiger partial charge in [-0.2, -0.15) is 0 Å². The van der Waals surface area contributed by atoms with E-state index in [0.717, 1.165) is 22.4 Å². The van der Waals surface area contributed by atoms with Gasteiger partial charge in [0.25, 0.3) is 5.91 Å². The zero-order valence-corrected chi connectivity index (χ0v) is 12.6. The van der Waals surface area contributed by atoms with Gasteiger partial charge in [0.05, 0.1) is 11.6 Å². The van der Waals surface area contributed by atoms with Gasteiger partial charge in [0.15, 0.2) is 5.75 Å². The Morgan fingerprint density at radius 3 is 2.76 bits per heavy atom. The fraction of sp³-hybridized carbons (Fsp3) is 0.545. The number of amides is 1. The molecule has 0 unspecified atom stereocenters. The van der Waals surface area contributed by atoms with Gasteiger partial charge in [0.1, 0.15) is 4.88 Å². The predicted molar refractivity (Wildman–Crippen MR) is 74.2 cm³/mol. The average molecular weight is 321 g/mol. The lowest BCUT2D eigenvalue weighted by molar-refractivity contribution is 0.0955. The summed E-state index contributed by atoms with van der Waals surface area (Å²) in [6.07, 6.45) is 0. The van der Waals surface area contributed by atoms with E-state index in [9.17, 15) is 4.79 Å². The fourth-order valence-electron chi connectivity index (χ4n) is 1.36. The maximum absolute atomic E-state index is 11.9. The molecule has 1 aromatic rings. The van der Waals surface area contributed by atoms with E-state index >= 15 is 0 Å². The predicted octanol–water partition coefficient (Wildman–Crippen LogP) is 2.17. The highest BCUT2D eigenvalue weighted by Crippen LogP contribution is 2.38. The average Bonchev–Trinajstić information content (AvgIpc) is 2.61. The van der Waals surface area contributed by atoms with Crippen molar-refractivity contribution in [3.63, 3.8) is 0 Å². The minimum atomic E-state index is -0.0847. The van der Waals surface area contributed by atoms with E-state index in [2.05, 4.69) is 26.6 Å². The largest absolute Gasteiger partial charge is 0.494 e. The fourth-order valence-corrected chi connectivity index (χ4v) is 3.02. The number of hydrogen-bond donors (Lipinski definition) is 2. The molecule has 0 fully saturated rings. The molecule has 1 rings (SSSR count). The van der Waals surface area contributed by atoms with Crippen molar-refractivity contribution in [2.75, 3.05) is 26.7 Å². The van der Waals surface area contributed by atoms with Gasteiger partial charge in [-0.15, -0.1) is 11.3 Å². The Hall–Kier alpha value is -0.590. The Morgan fingerprint density at radius 1 is 1.47 bits per heavy atom. The maximum Gasteiger partial charge on any atom is 0.265 e. The van der Waals surface area contributed by atoms with Crippen LogP contribution in [0.5, 0.6) is 5.75 Å². The van der Waals surface area contributed by atoms with Gasteiger partial charge >= 0.3 is 0 Å². The number of likely N-dealkylation sites (N-methyl/N-ethyl adjacent to an activating group) is 1. The highest BCUT2D eigenvalue weighted by molar-refractivity contribution is 9.10. The third kappa shape index (κ3) is 3.69. The molecule has 0 saturated carbocycles. The second-order valence-corrected chi connectivity index (χ2v) is 5.46. The van der Waals surface area contributed by atoms with E-state index in [4.69, 9.17) is 4.74 Å². The van der Waals surface area contributed by atoms with Crippen molar-refractivity contribution >= 4 is 33.2 Å². The van der Waals surface area contributed by atoms with Crippen LogP contribution < -0.4 is 15.4 Å². The molecule has 17 heavy (non-hydrogen) atoms. The van der Waals surface area contributed by atoms with Crippen LogP contribution in [-0.2, 0) is 0 Å². The van der Waals surface area contributed by atoms with Gasteiger partial charge in [-0.1, -0.05) is 6.92 Å². The number of rotatable bonds is 6. The molecule has 1 aromatic heterocycles. The van der Waals surface area contributed by atoms with Crippen LogP contribution in [0.3, 0.4) is 0 Å². The molecule has 0 atom stereocenters. The molecule has 0 aromatic carbocycles.